The second-order valence-corrected chi connectivity index (χ2v) is 12.2. The quantitative estimate of drug-likeness (QED) is 0.148. The van der Waals surface area contributed by atoms with Crippen LogP contribution in [-0.4, -0.2) is 6.61 Å². The number of hydrogen-bond donors (Lipinski definition) is 0. The summed E-state index contributed by atoms with van der Waals surface area (Å²) in [7, 11) is 0. The average Bonchev–Trinajstić information content (AvgIpc) is 3.86. The lowest BCUT2D eigenvalue weighted by atomic mass is 9.70. The van der Waals surface area contributed by atoms with Gasteiger partial charge in [-0.1, -0.05) is 79.6 Å². The molecule has 1 heterocycles. The summed E-state index contributed by atoms with van der Waals surface area (Å²) in [5, 5.41) is 0. The Morgan fingerprint density at radius 2 is 1.31 bits per heavy atom. The van der Waals surface area contributed by atoms with E-state index in [-0.39, 0.29) is 22.8 Å². The van der Waals surface area contributed by atoms with Gasteiger partial charge in [-0.3, -0.25) is 0 Å². The van der Waals surface area contributed by atoms with Crippen LogP contribution >= 0.6 is 0 Å². The highest BCUT2D eigenvalue weighted by molar-refractivity contribution is 5.74. The highest BCUT2D eigenvalue weighted by Crippen LogP contribution is 2.43. The molecule has 0 aromatic heterocycles. The van der Waals surface area contributed by atoms with Gasteiger partial charge in [-0.05, 0) is 86.3 Å². The van der Waals surface area contributed by atoms with Crippen LogP contribution in [0.5, 0.6) is 0 Å². The van der Waals surface area contributed by atoms with Gasteiger partial charge in [0.15, 0.2) is 23.3 Å². The third kappa shape index (κ3) is 5.99. The molecule has 2 aliphatic carbocycles. The van der Waals surface area contributed by atoms with Crippen molar-refractivity contribution >= 4 is 5.57 Å². The van der Waals surface area contributed by atoms with Crippen LogP contribution in [0.15, 0.2) is 66.8 Å². The third-order valence-electron chi connectivity index (χ3n) is 9.71. The largest absolute Gasteiger partial charge is 0.368 e. The molecule has 1 saturated carbocycles. The summed E-state index contributed by atoms with van der Waals surface area (Å²) in [5.41, 5.74) is 2.65. The number of allylic oxidation sites excluding steroid dienone is 4. The molecular formula is C37H38F4O. The van der Waals surface area contributed by atoms with Crippen LogP contribution in [0.3, 0.4) is 0 Å². The maximum absolute atomic E-state index is 15.4. The summed E-state index contributed by atoms with van der Waals surface area (Å²) >= 11 is 0. The number of ether oxygens (including phenoxy) is 1. The van der Waals surface area contributed by atoms with Crippen LogP contribution < -0.4 is 0 Å². The molecule has 3 aromatic carbocycles. The monoisotopic (exact) mass is 574 g/mol. The molecule has 0 spiro atoms. The molecule has 1 nitrogen and oxygen atoms in total. The maximum Gasteiger partial charge on any atom is 0.167 e. The SMILES string of the molecule is C/C=C/CCC1CCC(C2CC=C(c3ccc(-c4ccc(-c5ccc(C6CO6)c(F)c5F)cc4)c(F)c3F)CC2)CC1. The highest BCUT2D eigenvalue weighted by Gasteiger charge is 2.31. The second-order valence-electron chi connectivity index (χ2n) is 12.2. The van der Waals surface area contributed by atoms with E-state index in [4.69, 9.17) is 4.74 Å². The lowest BCUT2D eigenvalue weighted by Crippen LogP contribution is -2.23. The summed E-state index contributed by atoms with van der Waals surface area (Å²) in [6.07, 6.45) is 16.5. The van der Waals surface area contributed by atoms with Gasteiger partial charge in [0, 0.05) is 22.3 Å². The summed E-state index contributed by atoms with van der Waals surface area (Å²) in [6, 6.07) is 12.8. The molecule has 0 N–H and O–H groups in total. The van der Waals surface area contributed by atoms with Gasteiger partial charge in [0.05, 0.1) is 6.61 Å². The number of rotatable bonds is 8. The first-order valence-corrected chi connectivity index (χ1v) is 15.4. The Hall–Kier alpha value is -3.18. The first-order chi connectivity index (χ1) is 20.4. The van der Waals surface area contributed by atoms with Gasteiger partial charge in [0.25, 0.3) is 0 Å². The number of halogens is 4. The van der Waals surface area contributed by atoms with Crippen LogP contribution in [0.2, 0.25) is 0 Å². The Morgan fingerprint density at radius 3 is 1.90 bits per heavy atom. The van der Waals surface area contributed by atoms with Crippen molar-refractivity contribution in [2.75, 3.05) is 6.61 Å². The molecule has 5 heteroatoms. The van der Waals surface area contributed by atoms with E-state index in [0.29, 0.717) is 29.2 Å². The van der Waals surface area contributed by atoms with E-state index in [1.54, 1.807) is 36.4 Å². The molecule has 0 radical (unpaired) electrons. The van der Waals surface area contributed by atoms with Crippen molar-refractivity contribution < 1.29 is 22.3 Å². The number of epoxide rings is 1. The van der Waals surface area contributed by atoms with Gasteiger partial charge in [0.2, 0.25) is 0 Å². The molecule has 0 amide bonds. The molecular weight excluding hydrogens is 536 g/mol. The van der Waals surface area contributed by atoms with Gasteiger partial charge in [-0.2, -0.15) is 0 Å². The van der Waals surface area contributed by atoms with Crippen molar-refractivity contribution in [2.24, 2.45) is 17.8 Å². The minimum Gasteiger partial charge on any atom is -0.368 e. The van der Waals surface area contributed by atoms with E-state index in [0.717, 1.165) is 36.7 Å². The average molecular weight is 575 g/mol. The first-order valence-electron chi connectivity index (χ1n) is 15.4. The van der Waals surface area contributed by atoms with Crippen LogP contribution in [0.1, 0.15) is 81.9 Å². The first kappa shape index (κ1) is 28.9. The van der Waals surface area contributed by atoms with Crippen LogP contribution in [0, 0.1) is 41.0 Å². The normalized spacial score (nSPS) is 24.2. The fourth-order valence-corrected chi connectivity index (χ4v) is 7.09. The minimum atomic E-state index is -0.937. The van der Waals surface area contributed by atoms with Crippen molar-refractivity contribution in [3.8, 4) is 22.3 Å². The van der Waals surface area contributed by atoms with Gasteiger partial charge >= 0.3 is 0 Å². The van der Waals surface area contributed by atoms with E-state index < -0.39 is 23.3 Å². The van der Waals surface area contributed by atoms with Gasteiger partial charge in [-0.25, -0.2) is 17.6 Å². The zero-order valence-electron chi connectivity index (χ0n) is 24.2. The zero-order chi connectivity index (χ0) is 29.2. The summed E-state index contributed by atoms with van der Waals surface area (Å²) in [4.78, 5) is 0. The van der Waals surface area contributed by atoms with Crippen molar-refractivity contribution in [1.29, 1.82) is 0 Å². The van der Waals surface area contributed by atoms with E-state index in [9.17, 15) is 8.78 Å². The molecule has 42 heavy (non-hydrogen) atoms. The molecule has 2 unspecified atom stereocenters. The second kappa shape index (κ2) is 12.6. The minimum absolute atomic E-state index is 0.116. The summed E-state index contributed by atoms with van der Waals surface area (Å²) in [6.45, 7) is 2.47. The number of benzene rings is 3. The standard InChI is InChI=1S/C37H38F4O/c1-2-3-4-5-23-6-8-24(9-7-23)25-10-12-26(13-11-25)29-18-19-30(35(39)34(29)38)27-14-16-28(17-15-27)31-20-21-32(33-22-42-33)37(41)36(31)40/h2-3,12,14-21,23-25,33H,4-11,13,22H2,1H3/b3-2+. The fraction of sp³-hybridized carbons (Fsp3) is 0.405. The number of hydrogen-bond acceptors (Lipinski definition) is 1. The van der Waals surface area contributed by atoms with Crippen LogP contribution in [0.4, 0.5) is 17.6 Å². The van der Waals surface area contributed by atoms with Crippen molar-refractivity contribution in [3.63, 3.8) is 0 Å². The van der Waals surface area contributed by atoms with E-state index in [2.05, 4.69) is 25.2 Å². The van der Waals surface area contributed by atoms with Gasteiger partial charge < -0.3 is 4.74 Å². The van der Waals surface area contributed by atoms with E-state index in [1.807, 2.05) is 0 Å². The van der Waals surface area contributed by atoms with E-state index in [1.165, 1.54) is 50.7 Å². The van der Waals surface area contributed by atoms with Crippen LogP contribution in [-0.2, 0) is 4.74 Å². The molecule has 0 bridgehead atoms. The third-order valence-corrected chi connectivity index (χ3v) is 9.71. The van der Waals surface area contributed by atoms with Gasteiger partial charge in [0.1, 0.15) is 6.10 Å². The Morgan fingerprint density at radius 1 is 0.714 bits per heavy atom. The predicted molar refractivity (Wildman–Crippen MR) is 161 cm³/mol. The van der Waals surface area contributed by atoms with Crippen LogP contribution in [0.25, 0.3) is 27.8 Å². The van der Waals surface area contributed by atoms with Gasteiger partial charge in [-0.15, -0.1) is 0 Å². The van der Waals surface area contributed by atoms with E-state index >= 15 is 8.78 Å². The molecule has 2 fully saturated rings. The van der Waals surface area contributed by atoms with Crippen molar-refractivity contribution in [2.45, 2.75) is 70.8 Å². The predicted octanol–water partition coefficient (Wildman–Crippen LogP) is 11.0. The highest BCUT2D eigenvalue weighted by atomic mass is 19.2. The molecule has 1 aliphatic heterocycles. The smallest absolute Gasteiger partial charge is 0.167 e. The molecule has 3 aromatic rings. The Balaban J connectivity index is 1.12. The molecule has 1 saturated heterocycles. The molecule has 3 aliphatic rings. The Kier molecular flexibility index (Phi) is 8.67. The lowest BCUT2D eigenvalue weighted by Gasteiger charge is -2.35. The molecule has 2 atom stereocenters. The van der Waals surface area contributed by atoms with Crippen molar-refractivity contribution in [1.82, 2.24) is 0 Å². The summed E-state index contributed by atoms with van der Waals surface area (Å²) < 4.78 is 65.1. The Bertz CT molecular complexity index is 1480. The Labute approximate surface area is 246 Å². The maximum atomic E-state index is 15.4. The summed E-state index contributed by atoms with van der Waals surface area (Å²) in [5.74, 6) is -1.34. The fourth-order valence-electron chi connectivity index (χ4n) is 7.09. The molecule has 220 valence electrons. The zero-order valence-corrected chi connectivity index (χ0v) is 24.2. The van der Waals surface area contributed by atoms with Crippen molar-refractivity contribution in [3.05, 3.63) is 101 Å². The molecule has 6 rings (SSSR count). The lowest BCUT2D eigenvalue weighted by molar-refractivity contribution is 0.190. The topological polar surface area (TPSA) is 12.5 Å².